The molecular weight excluding hydrogens is 176 g/mol. The number of isocyanates is 1. The third-order valence-corrected chi connectivity index (χ3v) is 2.59. The van der Waals surface area contributed by atoms with E-state index in [4.69, 9.17) is 4.74 Å². The summed E-state index contributed by atoms with van der Waals surface area (Å²) in [4.78, 5) is 18.6. The minimum absolute atomic E-state index is 0.487. The lowest BCUT2D eigenvalue weighted by atomic mass is 10.2. The lowest BCUT2D eigenvalue weighted by Crippen LogP contribution is -2.07. The molecule has 0 N–H and O–H groups in total. The summed E-state index contributed by atoms with van der Waals surface area (Å²) < 4.78 is 5.22. The molecule has 0 fully saturated rings. The van der Waals surface area contributed by atoms with Crippen molar-refractivity contribution < 1.29 is 9.53 Å². The molecule has 0 amide bonds. The van der Waals surface area contributed by atoms with Gasteiger partial charge in [0.05, 0.1) is 23.8 Å². The summed E-state index contributed by atoms with van der Waals surface area (Å²) >= 11 is 1.39. The SMILES string of the molecule is O=C=Nc1nc2c(s1)COCC2. The molecule has 12 heavy (non-hydrogen) atoms. The van der Waals surface area contributed by atoms with E-state index in [0.717, 1.165) is 17.0 Å². The maximum absolute atomic E-state index is 9.93. The van der Waals surface area contributed by atoms with Crippen LogP contribution in [0, 0.1) is 0 Å². The molecule has 1 aromatic heterocycles. The molecule has 0 aromatic carbocycles. The predicted molar refractivity (Wildman–Crippen MR) is 43.3 cm³/mol. The van der Waals surface area contributed by atoms with Crippen LogP contribution < -0.4 is 0 Å². The molecule has 0 aliphatic carbocycles. The number of hydrogen-bond donors (Lipinski definition) is 0. The topological polar surface area (TPSA) is 51.5 Å². The van der Waals surface area contributed by atoms with Crippen molar-refractivity contribution >= 4 is 22.5 Å². The van der Waals surface area contributed by atoms with Crippen molar-refractivity contribution in [2.24, 2.45) is 4.99 Å². The van der Waals surface area contributed by atoms with Gasteiger partial charge in [0.15, 0.2) is 0 Å². The van der Waals surface area contributed by atoms with E-state index in [1.165, 1.54) is 17.4 Å². The summed E-state index contributed by atoms with van der Waals surface area (Å²) in [6.45, 7) is 1.31. The molecule has 1 aliphatic heterocycles. The minimum Gasteiger partial charge on any atom is -0.375 e. The largest absolute Gasteiger partial charge is 0.375 e. The van der Waals surface area contributed by atoms with E-state index in [1.54, 1.807) is 0 Å². The normalized spacial score (nSPS) is 15.0. The van der Waals surface area contributed by atoms with Gasteiger partial charge in [-0.3, -0.25) is 0 Å². The second-order valence-electron chi connectivity index (χ2n) is 2.37. The van der Waals surface area contributed by atoms with Gasteiger partial charge in [0.1, 0.15) is 0 Å². The Bertz CT molecular complexity index is 318. The van der Waals surface area contributed by atoms with Crippen LogP contribution in [0.25, 0.3) is 0 Å². The molecule has 62 valence electrons. The number of carbonyl (C=O) groups excluding carboxylic acids is 1. The lowest BCUT2D eigenvalue weighted by Gasteiger charge is -2.08. The predicted octanol–water partition coefficient (Wildman–Crippen LogP) is 1.18. The highest BCUT2D eigenvalue weighted by Crippen LogP contribution is 2.28. The molecule has 0 radical (unpaired) electrons. The van der Waals surface area contributed by atoms with Gasteiger partial charge in [0.25, 0.3) is 0 Å². The summed E-state index contributed by atoms with van der Waals surface area (Å²) in [6, 6.07) is 0. The molecule has 0 bridgehead atoms. The Kier molecular flexibility index (Phi) is 1.99. The highest BCUT2D eigenvalue weighted by Gasteiger charge is 2.14. The second kappa shape index (κ2) is 3.15. The van der Waals surface area contributed by atoms with Crippen LogP contribution in [-0.2, 0) is 22.6 Å². The number of rotatable bonds is 1. The number of ether oxygens (including phenoxy) is 1. The van der Waals surface area contributed by atoms with Crippen molar-refractivity contribution in [2.45, 2.75) is 13.0 Å². The van der Waals surface area contributed by atoms with Crippen molar-refractivity contribution in [3.63, 3.8) is 0 Å². The molecule has 2 heterocycles. The van der Waals surface area contributed by atoms with Crippen LogP contribution in [0.1, 0.15) is 10.6 Å². The summed E-state index contributed by atoms with van der Waals surface area (Å²) in [7, 11) is 0. The van der Waals surface area contributed by atoms with Crippen molar-refractivity contribution in [3.8, 4) is 0 Å². The maximum atomic E-state index is 9.93. The maximum Gasteiger partial charge on any atom is 0.242 e. The molecule has 0 spiro atoms. The average molecular weight is 182 g/mol. The Morgan fingerprint density at radius 2 is 2.58 bits per heavy atom. The monoisotopic (exact) mass is 182 g/mol. The second-order valence-corrected chi connectivity index (χ2v) is 3.43. The molecular formula is C7H6N2O2S. The van der Waals surface area contributed by atoms with E-state index >= 15 is 0 Å². The Hall–Kier alpha value is -1.03. The number of fused-ring (bicyclic) bond motifs is 1. The molecule has 0 atom stereocenters. The number of aliphatic imine (C=N–C) groups is 1. The average Bonchev–Trinajstić information content (AvgIpc) is 2.47. The summed E-state index contributed by atoms with van der Waals surface area (Å²) in [6.07, 6.45) is 2.29. The van der Waals surface area contributed by atoms with Crippen LogP contribution in [0.4, 0.5) is 5.13 Å². The zero-order valence-corrected chi connectivity index (χ0v) is 7.06. The Morgan fingerprint density at radius 3 is 3.33 bits per heavy atom. The number of nitrogens with zero attached hydrogens (tertiary/aromatic N) is 2. The van der Waals surface area contributed by atoms with Crippen LogP contribution in [-0.4, -0.2) is 17.7 Å². The lowest BCUT2D eigenvalue weighted by molar-refractivity contribution is 0.112. The molecule has 1 aliphatic rings. The van der Waals surface area contributed by atoms with E-state index in [-0.39, 0.29) is 0 Å². The highest BCUT2D eigenvalue weighted by molar-refractivity contribution is 7.15. The number of aromatic nitrogens is 1. The van der Waals surface area contributed by atoms with E-state index in [1.807, 2.05) is 0 Å². The van der Waals surface area contributed by atoms with Gasteiger partial charge in [-0.1, -0.05) is 11.3 Å². The number of thiazole rings is 1. The molecule has 0 saturated heterocycles. The van der Waals surface area contributed by atoms with Gasteiger partial charge in [0, 0.05) is 6.42 Å². The molecule has 4 nitrogen and oxygen atoms in total. The zero-order chi connectivity index (χ0) is 8.39. The fourth-order valence-corrected chi connectivity index (χ4v) is 1.97. The van der Waals surface area contributed by atoms with E-state index in [9.17, 15) is 4.79 Å². The van der Waals surface area contributed by atoms with E-state index < -0.39 is 0 Å². The molecule has 0 saturated carbocycles. The third kappa shape index (κ3) is 1.30. The molecule has 1 aromatic rings. The Balaban J connectivity index is 2.37. The fourth-order valence-electron chi connectivity index (χ4n) is 1.10. The smallest absolute Gasteiger partial charge is 0.242 e. The highest BCUT2D eigenvalue weighted by atomic mass is 32.1. The summed E-state index contributed by atoms with van der Waals surface area (Å²) in [5.74, 6) is 0. The quantitative estimate of drug-likeness (QED) is 0.484. The van der Waals surface area contributed by atoms with E-state index in [2.05, 4.69) is 9.98 Å². The van der Waals surface area contributed by atoms with Crippen molar-refractivity contribution in [1.82, 2.24) is 4.98 Å². The summed E-state index contributed by atoms with van der Waals surface area (Å²) in [5, 5.41) is 0.487. The van der Waals surface area contributed by atoms with Crippen LogP contribution in [0.5, 0.6) is 0 Å². The van der Waals surface area contributed by atoms with Crippen LogP contribution in [0.3, 0.4) is 0 Å². The first kappa shape index (κ1) is 7.61. The Morgan fingerprint density at radius 1 is 1.67 bits per heavy atom. The van der Waals surface area contributed by atoms with Crippen LogP contribution in [0.15, 0.2) is 4.99 Å². The summed E-state index contributed by atoms with van der Waals surface area (Å²) in [5.41, 5.74) is 1.01. The zero-order valence-electron chi connectivity index (χ0n) is 6.24. The van der Waals surface area contributed by atoms with E-state index in [0.29, 0.717) is 18.3 Å². The van der Waals surface area contributed by atoms with Gasteiger partial charge in [-0.2, -0.15) is 0 Å². The molecule has 5 heteroatoms. The Labute approximate surface area is 72.9 Å². The third-order valence-electron chi connectivity index (χ3n) is 1.62. The molecule has 0 unspecified atom stereocenters. The first-order chi connectivity index (χ1) is 5.90. The van der Waals surface area contributed by atoms with Crippen molar-refractivity contribution in [1.29, 1.82) is 0 Å². The van der Waals surface area contributed by atoms with Gasteiger partial charge in [-0.15, -0.1) is 4.99 Å². The van der Waals surface area contributed by atoms with Gasteiger partial charge >= 0.3 is 0 Å². The fraction of sp³-hybridized carbons (Fsp3) is 0.429. The van der Waals surface area contributed by atoms with Gasteiger partial charge in [0.2, 0.25) is 11.2 Å². The van der Waals surface area contributed by atoms with Gasteiger partial charge in [-0.25, -0.2) is 9.78 Å². The molecule has 2 rings (SSSR count). The van der Waals surface area contributed by atoms with Gasteiger partial charge < -0.3 is 4.74 Å². The van der Waals surface area contributed by atoms with Crippen molar-refractivity contribution in [3.05, 3.63) is 10.6 Å². The first-order valence-corrected chi connectivity index (χ1v) is 4.36. The van der Waals surface area contributed by atoms with Crippen LogP contribution in [0.2, 0.25) is 0 Å². The minimum atomic E-state index is 0.487. The van der Waals surface area contributed by atoms with Crippen LogP contribution >= 0.6 is 11.3 Å². The van der Waals surface area contributed by atoms with Crippen molar-refractivity contribution in [2.75, 3.05) is 6.61 Å². The van der Waals surface area contributed by atoms with Gasteiger partial charge in [-0.05, 0) is 0 Å². The standard InChI is InChI=1S/C7H6N2O2S/c10-4-8-7-9-5-1-2-11-3-6(5)12-7/h1-3H2. The number of hydrogen-bond acceptors (Lipinski definition) is 5. The first-order valence-electron chi connectivity index (χ1n) is 3.54.